The van der Waals surface area contributed by atoms with Crippen LogP contribution in [0.15, 0.2) is 18.2 Å². The van der Waals surface area contributed by atoms with Gasteiger partial charge < -0.3 is 9.30 Å². The van der Waals surface area contributed by atoms with E-state index in [-0.39, 0.29) is 0 Å². The Hall–Kier alpha value is -1.32. The summed E-state index contributed by atoms with van der Waals surface area (Å²) in [7, 11) is 1.76. The van der Waals surface area contributed by atoms with Crippen LogP contribution in [-0.4, -0.2) is 18.2 Å². The van der Waals surface area contributed by atoms with Crippen LogP contribution in [0.5, 0.6) is 0 Å². The molecule has 1 atom stereocenters. The van der Waals surface area contributed by atoms with Crippen LogP contribution >= 0.6 is 0 Å². The molecule has 0 amide bonds. The fourth-order valence-corrected chi connectivity index (χ4v) is 3.79. The molecule has 2 aromatic rings. The lowest BCUT2D eigenvalue weighted by molar-refractivity contribution is 0.185. The lowest BCUT2D eigenvalue weighted by Crippen LogP contribution is -2.37. The molecular weight excluding hydrogens is 236 g/mol. The van der Waals surface area contributed by atoms with Gasteiger partial charge in [0.1, 0.15) is 0 Å². The van der Waals surface area contributed by atoms with Crippen LogP contribution in [0.2, 0.25) is 0 Å². The summed E-state index contributed by atoms with van der Waals surface area (Å²) in [5, 5.41) is 6.57. The second-order valence-electron chi connectivity index (χ2n) is 5.69. The summed E-state index contributed by atoms with van der Waals surface area (Å²) < 4.78 is 7.85. The summed E-state index contributed by atoms with van der Waals surface area (Å²) in [6.45, 7) is 1.82. The zero-order chi connectivity index (χ0) is 12.8. The van der Waals surface area contributed by atoms with Gasteiger partial charge in [-0.25, -0.2) is 0 Å². The minimum Gasteiger partial charge on any atom is -0.380 e. The summed E-state index contributed by atoms with van der Waals surface area (Å²) >= 11 is 0. The Morgan fingerprint density at radius 2 is 2.16 bits per heavy atom. The van der Waals surface area contributed by atoms with Crippen molar-refractivity contribution in [3.05, 3.63) is 35.2 Å². The predicted octanol–water partition coefficient (Wildman–Crippen LogP) is 2.77. The largest absolute Gasteiger partial charge is 0.380 e. The number of aromatic nitrogens is 1. The van der Waals surface area contributed by atoms with E-state index < -0.39 is 0 Å². The topological polar surface area (TPSA) is 26.2 Å². The molecule has 0 saturated heterocycles. The molecule has 0 bridgehead atoms. The molecule has 1 unspecified atom stereocenters. The van der Waals surface area contributed by atoms with E-state index >= 15 is 0 Å². The van der Waals surface area contributed by atoms with Gasteiger partial charge in [-0.3, -0.25) is 5.32 Å². The number of fused-ring (bicyclic) bond motifs is 3. The highest BCUT2D eigenvalue weighted by atomic mass is 16.5. The van der Waals surface area contributed by atoms with E-state index in [0.717, 1.165) is 13.0 Å². The van der Waals surface area contributed by atoms with E-state index in [9.17, 15) is 0 Å². The Morgan fingerprint density at radius 1 is 1.26 bits per heavy atom. The third-order valence-corrected chi connectivity index (χ3v) is 4.54. The van der Waals surface area contributed by atoms with Crippen LogP contribution in [0.25, 0.3) is 10.8 Å². The van der Waals surface area contributed by atoms with Crippen LogP contribution < -0.4 is 5.32 Å². The summed E-state index contributed by atoms with van der Waals surface area (Å²) in [6, 6.07) is 6.85. The lowest BCUT2D eigenvalue weighted by Gasteiger charge is -2.33. The molecule has 1 N–H and O–H groups in total. The van der Waals surface area contributed by atoms with Crippen molar-refractivity contribution in [3.8, 4) is 0 Å². The Labute approximate surface area is 113 Å². The van der Waals surface area contributed by atoms with Gasteiger partial charge in [-0.15, -0.1) is 0 Å². The number of benzene rings is 1. The van der Waals surface area contributed by atoms with Crippen molar-refractivity contribution in [2.45, 2.75) is 38.5 Å². The van der Waals surface area contributed by atoms with E-state index in [2.05, 4.69) is 28.1 Å². The molecular formula is C16H20N2O. The van der Waals surface area contributed by atoms with Gasteiger partial charge in [-0.05, 0) is 30.9 Å². The van der Waals surface area contributed by atoms with Crippen LogP contribution in [-0.2, 0) is 24.2 Å². The maximum atomic E-state index is 5.27. The molecule has 0 spiro atoms. The first kappa shape index (κ1) is 11.5. The number of rotatable bonds is 2. The molecule has 2 aliphatic rings. The monoisotopic (exact) mass is 256 g/mol. The average molecular weight is 256 g/mol. The Morgan fingerprint density at radius 3 is 3.05 bits per heavy atom. The molecule has 1 aromatic carbocycles. The molecule has 100 valence electrons. The maximum absolute atomic E-state index is 5.27. The predicted molar refractivity (Wildman–Crippen MR) is 76.3 cm³/mol. The highest BCUT2D eigenvalue weighted by Crippen LogP contribution is 2.37. The van der Waals surface area contributed by atoms with Gasteiger partial charge in [-0.2, -0.15) is 0 Å². The number of aryl methyl sites for hydroxylation is 1. The fraction of sp³-hybridized carbons (Fsp3) is 0.500. The summed E-state index contributed by atoms with van der Waals surface area (Å²) in [6.07, 6.45) is 5.46. The first-order valence-corrected chi connectivity index (χ1v) is 7.25. The molecule has 3 nitrogen and oxygen atoms in total. The van der Waals surface area contributed by atoms with E-state index in [4.69, 9.17) is 4.74 Å². The van der Waals surface area contributed by atoms with E-state index in [1.165, 1.54) is 47.0 Å². The smallest absolute Gasteiger partial charge is 0.0839 e. The highest BCUT2D eigenvalue weighted by molar-refractivity contribution is 5.89. The molecule has 0 saturated carbocycles. The molecule has 3 heterocycles. The van der Waals surface area contributed by atoms with Gasteiger partial charge in [0, 0.05) is 42.2 Å². The maximum Gasteiger partial charge on any atom is 0.0839 e. The van der Waals surface area contributed by atoms with Crippen LogP contribution in [0, 0.1) is 0 Å². The molecule has 0 aliphatic carbocycles. The van der Waals surface area contributed by atoms with E-state index in [0.29, 0.717) is 12.8 Å². The van der Waals surface area contributed by atoms with Gasteiger partial charge >= 0.3 is 0 Å². The Balaban J connectivity index is 1.96. The average Bonchev–Trinajstić information content (AvgIpc) is 2.77. The number of methoxy groups -OCH3 is 1. The van der Waals surface area contributed by atoms with E-state index in [1.54, 1.807) is 7.11 Å². The van der Waals surface area contributed by atoms with E-state index in [1.807, 2.05) is 0 Å². The van der Waals surface area contributed by atoms with Gasteiger partial charge in [-0.1, -0.05) is 12.1 Å². The van der Waals surface area contributed by atoms with Gasteiger partial charge in [0.15, 0.2) is 0 Å². The second kappa shape index (κ2) is 4.36. The lowest BCUT2D eigenvalue weighted by atomic mass is 10.0. The third kappa shape index (κ3) is 1.65. The highest BCUT2D eigenvalue weighted by Gasteiger charge is 2.28. The number of hydrogen-bond acceptors (Lipinski definition) is 2. The van der Waals surface area contributed by atoms with Crippen LogP contribution in [0.4, 0.5) is 0 Å². The molecule has 19 heavy (non-hydrogen) atoms. The molecule has 1 aromatic heterocycles. The normalized spacial score (nSPS) is 21.6. The first-order chi connectivity index (χ1) is 9.38. The van der Waals surface area contributed by atoms with Crippen LogP contribution in [0.1, 0.15) is 36.0 Å². The Bertz CT molecular complexity index is 627. The van der Waals surface area contributed by atoms with Crippen molar-refractivity contribution in [1.29, 1.82) is 0 Å². The summed E-state index contributed by atoms with van der Waals surface area (Å²) in [5.41, 5.74) is 4.35. The van der Waals surface area contributed by atoms with Gasteiger partial charge in [0.25, 0.3) is 0 Å². The van der Waals surface area contributed by atoms with Crippen molar-refractivity contribution >= 4 is 10.8 Å². The minimum absolute atomic E-state index is 0.533. The molecule has 0 radical (unpaired) electrons. The zero-order valence-corrected chi connectivity index (χ0v) is 11.4. The Kier molecular flexibility index (Phi) is 2.64. The minimum atomic E-state index is 0.533. The van der Waals surface area contributed by atoms with Crippen molar-refractivity contribution in [3.63, 3.8) is 0 Å². The number of ether oxygens (including phenoxy) is 1. The standard InChI is InChI=1S/C16H20N2O/c1-19-10-11-5-6-12-13(9-11)14-3-2-4-16-17-8-7-15(12)18(14)16/h5-6,9,16-17H,2-4,7-8,10H2,1H3. The molecule has 3 heteroatoms. The molecule has 4 rings (SSSR count). The van der Waals surface area contributed by atoms with Crippen molar-refractivity contribution in [2.24, 2.45) is 0 Å². The molecule has 0 fully saturated rings. The quantitative estimate of drug-likeness (QED) is 0.894. The number of nitrogens with one attached hydrogen (secondary N) is 1. The number of nitrogens with zero attached hydrogens (tertiary/aromatic N) is 1. The van der Waals surface area contributed by atoms with Gasteiger partial charge in [0.05, 0.1) is 12.8 Å². The number of hydrogen-bond donors (Lipinski definition) is 1. The zero-order valence-electron chi connectivity index (χ0n) is 11.4. The van der Waals surface area contributed by atoms with Crippen molar-refractivity contribution in [2.75, 3.05) is 13.7 Å². The molecule has 2 aliphatic heterocycles. The first-order valence-electron chi connectivity index (χ1n) is 7.25. The van der Waals surface area contributed by atoms with Crippen LogP contribution in [0.3, 0.4) is 0 Å². The van der Waals surface area contributed by atoms with Crippen molar-refractivity contribution < 1.29 is 4.74 Å². The second-order valence-corrected chi connectivity index (χ2v) is 5.69. The summed E-state index contributed by atoms with van der Waals surface area (Å²) in [4.78, 5) is 0. The SMILES string of the molecule is COCc1ccc2c3n4c(c2c1)CCCC4NCC3. The third-order valence-electron chi connectivity index (χ3n) is 4.54. The summed E-state index contributed by atoms with van der Waals surface area (Å²) in [5.74, 6) is 0. The van der Waals surface area contributed by atoms with Gasteiger partial charge in [0.2, 0.25) is 0 Å². The van der Waals surface area contributed by atoms with Crippen molar-refractivity contribution in [1.82, 2.24) is 9.88 Å². The fourth-order valence-electron chi connectivity index (χ4n) is 3.79.